The van der Waals surface area contributed by atoms with Gasteiger partial charge >= 0.3 is 0 Å². The SMILES string of the molecule is CC/C=C/CC/C=C/CC/C=C/C(O)C(CO)NC(=O)CCCCCCCCCCCCCCC/C=C\C/C=C\CCCCCCC. The smallest absolute Gasteiger partial charge is 0.220 e. The van der Waals surface area contributed by atoms with E-state index >= 15 is 0 Å². The zero-order valence-electron chi connectivity index (χ0n) is 31.0. The number of nitrogens with one attached hydrogen (secondary N) is 1. The Labute approximate surface area is 292 Å². The summed E-state index contributed by atoms with van der Waals surface area (Å²) in [7, 11) is 0. The number of amides is 1. The maximum atomic E-state index is 12.3. The number of unbranched alkanes of at least 4 members (excludes halogenated alkanes) is 20. The second-order valence-electron chi connectivity index (χ2n) is 13.3. The molecule has 47 heavy (non-hydrogen) atoms. The molecule has 2 unspecified atom stereocenters. The fourth-order valence-electron chi connectivity index (χ4n) is 5.66. The molecule has 0 aliphatic carbocycles. The quantitative estimate of drug-likeness (QED) is 0.0470. The lowest BCUT2D eigenvalue weighted by atomic mass is 10.0. The van der Waals surface area contributed by atoms with Gasteiger partial charge < -0.3 is 15.5 Å². The summed E-state index contributed by atoms with van der Waals surface area (Å²) in [5.41, 5.74) is 0. The van der Waals surface area contributed by atoms with E-state index in [2.05, 4.69) is 67.8 Å². The molecule has 3 N–H and O–H groups in total. The molecule has 272 valence electrons. The summed E-state index contributed by atoms with van der Waals surface area (Å²) in [6, 6.07) is -0.645. The molecule has 0 aromatic heterocycles. The highest BCUT2D eigenvalue weighted by atomic mass is 16.3. The Hall–Kier alpha value is -1.91. The van der Waals surface area contributed by atoms with Gasteiger partial charge in [-0.05, 0) is 70.6 Å². The molecule has 0 bridgehead atoms. The first-order valence-corrected chi connectivity index (χ1v) is 20.0. The number of aliphatic hydroxyl groups is 2. The predicted molar refractivity (Wildman–Crippen MR) is 207 cm³/mol. The Morgan fingerprint density at radius 2 is 0.957 bits per heavy atom. The number of hydrogen-bond acceptors (Lipinski definition) is 3. The van der Waals surface area contributed by atoms with Crippen molar-refractivity contribution in [1.82, 2.24) is 5.32 Å². The summed E-state index contributed by atoms with van der Waals surface area (Å²) in [4.78, 5) is 12.3. The highest BCUT2D eigenvalue weighted by molar-refractivity contribution is 5.76. The van der Waals surface area contributed by atoms with Gasteiger partial charge in [0.2, 0.25) is 5.91 Å². The van der Waals surface area contributed by atoms with Crippen LogP contribution in [0.25, 0.3) is 0 Å². The Bertz CT molecular complexity index is 797. The number of carbonyl (C=O) groups excluding carboxylic acids is 1. The number of rotatable bonds is 35. The molecule has 0 saturated heterocycles. The second-order valence-corrected chi connectivity index (χ2v) is 13.3. The number of aliphatic hydroxyl groups excluding tert-OH is 2. The van der Waals surface area contributed by atoms with Crippen LogP contribution in [0.3, 0.4) is 0 Å². The van der Waals surface area contributed by atoms with Gasteiger partial charge in [-0.15, -0.1) is 0 Å². The van der Waals surface area contributed by atoms with Crippen LogP contribution in [0.4, 0.5) is 0 Å². The first-order chi connectivity index (χ1) is 23.2. The number of carbonyl (C=O) groups is 1. The first-order valence-electron chi connectivity index (χ1n) is 20.0. The Morgan fingerprint density at radius 1 is 0.532 bits per heavy atom. The summed E-state index contributed by atoms with van der Waals surface area (Å²) < 4.78 is 0. The van der Waals surface area contributed by atoms with Crippen LogP contribution < -0.4 is 5.32 Å². The lowest BCUT2D eigenvalue weighted by molar-refractivity contribution is -0.123. The van der Waals surface area contributed by atoms with Crippen molar-refractivity contribution in [2.75, 3.05) is 6.61 Å². The summed E-state index contributed by atoms with van der Waals surface area (Å²) in [5.74, 6) is -0.0838. The van der Waals surface area contributed by atoms with Gasteiger partial charge in [0.1, 0.15) is 0 Å². The van der Waals surface area contributed by atoms with Crippen molar-refractivity contribution in [1.29, 1.82) is 0 Å². The van der Waals surface area contributed by atoms with Gasteiger partial charge in [0.25, 0.3) is 0 Å². The zero-order chi connectivity index (χ0) is 34.3. The van der Waals surface area contributed by atoms with Crippen LogP contribution in [-0.4, -0.2) is 34.9 Å². The fraction of sp³-hybridized carbons (Fsp3) is 0.744. The topological polar surface area (TPSA) is 69.6 Å². The molecule has 1 amide bonds. The van der Waals surface area contributed by atoms with Gasteiger partial charge in [-0.2, -0.15) is 0 Å². The molecule has 0 aromatic carbocycles. The molecule has 0 aliphatic rings. The maximum Gasteiger partial charge on any atom is 0.220 e. The molecule has 2 atom stereocenters. The van der Waals surface area contributed by atoms with E-state index in [0.29, 0.717) is 6.42 Å². The molecular formula is C43H77NO3. The minimum absolute atomic E-state index is 0.0838. The van der Waals surface area contributed by atoms with Gasteiger partial charge in [0.05, 0.1) is 18.8 Å². The zero-order valence-corrected chi connectivity index (χ0v) is 31.0. The lowest BCUT2D eigenvalue weighted by Crippen LogP contribution is -2.45. The molecule has 0 saturated carbocycles. The van der Waals surface area contributed by atoms with Crippen LogP contribution in [0.2, 0.25) is 0 Å². The second kappa shape index (κ2) is 38.5. The van der Waals surface area contributed by atoms with E-state index < -0.39 is 12.1 Å². The highest BCUT2D eigenvalue weighted by Gasteiger charge is 2.17. The van der Waals surface area contributed by atoms with Crippen molar-refractivity contribution < 1.29 is 15.0 Å². The van der Waals surface area contributed by atoms with Gasteiger partial charge in [-0.3, -0.25) is 4.79 Å². The molecule has 0 rings (SSSR count). The molecule has 0 spiro atoms. The van der Waals surface area contributed by atoms with Crippen LogP contribution in [0.15, 0.2) is 60.8 Å². The Morgan fingerprint density at radius 3 is 1.45 bits per heavy atom. The van der Waals surface area contributed by atoms with E-state index in [9.17, 15) is 15.0 Å². The molecular weight excluding hydrogens is 578 g/mol. The van der Waals surface area contributed by atoms with Crippen molar-refractivity contribution in [3.8, 4) is 0 Å². The third-order valence-corrected chi connectivity index (χ3v) is 8.71. The van der Waals surface area contributed by atoms with Crippen LogP contribution in [0.5, 0.6) is 0 Å². The van der Waals surface area contributed by atoms with Crippen molar-refractivity contribution in [2.24, 2.45) is 0 Å². The van der Waals surface area contributed by atoms with E-state index in [0.717, 1.165) is 51.4 Å². The van der Waals surface area contributed by atoms with Gasteiger partial charge in [0, 0.05) is 6.42 Å². The summed E-state index contributed by atoms with van der Waals surface area (Å²) in [6.07, 6.45) is 53.3. The summed E-state index contributed by atoms with van der Waals surface area (Å²) in [5, 5.41) is 22.8. The number of hydrogen-bond donors (Lipinski definition) is 3. The third-order valence-electron chi connectivity index (χ3n) is 8.71. The van der Waals surface area contributed by atoms with Crippen LogP contribution >= 0.6 is 0 Å². The highest BCUT2D eigenvalue weighted by Crippen LogP contribution is 2.14. The monoisotopic (exact) mass is 656 g/mol. The minimum atomic E-state index is -0.869. The Kier molecular flexibility index (Phi) is 37.0. The standard InChI is InChI=1S/C43H77NO3/c1-3-5-7-9-11-13-15-16-17-18-19-20-21-22-23-24-25-26-27-28-29-31-33-35-37-39-43(47)44-41(40-45)42(46)38-36-34-32-30-14-12-10-8-6-4-2/h6,8,14-16,18-19,30,36,38,41-42,45-46H,3-5,7,9-13,17,20-29,31-35,37,39-40H2,1-2H3,(H,44,47)/b8-6+,16-15-,19-18-,30-14+,38-36+. The number of allylic oxidation sites excluding steroid dienone is 9. The maximum absolute atomic E-state index is 12.3. The largest absolute Gasteiger partial charge is 0.394 e. The van der Waals surface area contributed by atoms with Crippen LogP contribution in [0, 0.1) is 0 Å². The normalized spacial score (nSPS) is 13.7. The summed E-state index contributed by atoms with van der Waals surface area (Å²) in [6.45, 7) is 4.15. The molecule has 0 aromatic rings. The molecule has 0 heterocycles. The summed E-state index contributed by atoms with van der Waals surface area (Å²) >= 11 is 0. The first kappa shape index (κ1) is 45.1. The van der Waals surface area contributed by atoms with E-state index in [1.54, 1.807) is 6.08 Å². The van der Waals surface area contributed by atoms with Gasteiger partial charge in [0.15, 0.2) is 0 Å². The molecule has 4 heteroatoms. The average Bonchev–Trinajstić information content (AvgIpc) is 3.07. The lowest BCUT2D eigenvalue weighted by Gasteiger charge is -2.19. The van der Waals surface area contributed by atoms with Gasteiger partial charge in [-0.25, -0.2) is 0 Å². The molecule has 4 nitrogen and oxygen atoms in total. The van der Waals surface area contributed by atoms with Crippen molar-refractivity contribution in [2.45, 2.75) is 199 Å². The van der Waals surface area contributed by atoms with Crippen molar-refractivity contribution in [3.63, 3.8) is 0 Å². The van der Waals surface area contributed by atoms with E-state index in [1.807, 2.05) is 6.08 Å². The Balaban J connectivity index is 3.55. The third kappa shape index (κ3) is 35.2. The van der Waals surface area contributed by atoms with E-state index in [-0.39, 0.29) is 12.5 Å². The molecule has 0 fully saturated rings. The minimum Gasteiger partial charge on any atom is -0.394 e. The van der Waals surface area contributed by atoms with E-state index in [4.69, 9.17) is 0 Å². The van der Waals surface area contributed by atoms with E-state index in [1.165, 1.54) is 116 Å². The molecule has 0 aliphatic heterocycles. The van der Waals surface area contributed by atoms with Crippen molar-refractivity contribution in [3.05, 3.63) is 60.8 Å². The van der Waals surface area contributed by atoms with Gasteiger partial charge in [-0.1, -0.05) is 171 Å². The van der Waals surface area contributed by atoms with Crippen LogP contribution in [0.1, 0.15) is 187 Å². The predicted octanol–water partition coefficient (Wildman–Crippen LogP) is 12.2. The fourth-order valence-corrected chi connectivity index (χ4v) is 5.66. The average molecular weight is 656 g/mol. The van der Waals surface area contributed by atoms with Crippen LogP contribution in [-0.2, 0) is 4.79 Å². The molecule has 0 radical (unpaired) electrons. The van der Waals surface area contributed by atoms with Crippen molar-refractivity contribution >= 4 is 5.91 Å².